The van der Waals surface area contributed by atoms with Crippen LogP contribution in [0.3, 0.4) is 0 Å². The Kier molecular flexibility index (Phi) is 6.58. The highest BCUT2D eigenvalue weighted by Gasteiger charge is 2.13. The summed E-state index contributed by atoms with van der Waals surface area (Å²) in [5.74, 6) is 0.232. The summed E-state index contributed by atoms with van der Waals surface area (Å²) < 4.78 is 7.55. The predicted molar refractivity (Wildman–Crippen MR) is 128 cm³/mol. The Balaban J connectivity index is 1.46. The Morgan fingerprint density at radius 2 is 1.94 bits per heavy atom. The van der Waals surface area contributed by atoms with Crippen LogP contribution in [-0.2, 0) is 6.61 Å². The number of carbonyl (C=O) groups excluding carboxylic acids is 1. The van der Waals surface area contributed by atoms with Crippen molar-refractivity contribution in [3.05, 3.63) is 103 Å². The first kappa shape index (κ1) is 21.7. The Labute approximate surface area is 195 Å². The van der Waals surface area contributed by atoms with Gasteiger partial charge >= 0.3 is 0 Å². The van der Waals surface area contributed by atoms with Crippen molar-refractivity contribution in [1.82, 2.24) is 5.43 Å². The van der Waals surface area contributed by atoms with E-state index < -0.39 is 10.8 Å². The molecule has 32 heavy (non-hydrogen) atoms. The lowest BCUT2D eigenvalue weighted by Gasteiger charge is -2.09. The van der Waals surface area contributed by atoms with E-state index in [9.17, 15) is 14.9 Å². The molecule has 4 aromatic rings. The van der Waals surface area contributed by atoms with E-state index in [1.807, 2.05) is 48.5 Å². The van der Waals surface area contributed by atoms with Gasteiger partial charge < -0.3 is 4.74 Å². The highest BCUT2D eigenvalue weighted by atomic mass is 79.9. The van der Waals surface area contributed by atoms with Crippen LogP contribution in [0.15, 0.2) is 82.4 Å². The Morgan fingerprint density at radius 1 is 1.12 bits per heavy atom. The quantitative estimate of drug-likeness (QED) is 0.190. The third-order valence-corrected chi connectivity index (χ3v) is 6.12. The number of benzene rings is 3. The molecule has 0 saturated carbocycles. The average molecular weight is 510 g/mol. The first-order chi connectivity index (χ1) is 15.5. The van der Waals surface area contributed by atoms with E-state index in [2.05, 4.69) is 26.5 Å². The van der Waals surface area contributed by atoms with Crippen molar-refractivity contribution in [1.29, 1.82) is 0 Å². The molecule has 7 nitrogen and oxygen atoms in total. The largest absolute Gasteiger partial charge is 0.488 e. The molecule has 3 aromatic carbocycles. The smallest absolute Gasteiger partial charge is 0.281 e. The number of nitro groups is 1. The Bertz CT molecular complexity index is 1320. The van der Waals surface area contributed by atoms with Gasteiger partial charge in [-0.3, -0.25) is 14.9 Å². The predicted octanol–water partition coefficient (Wildman–Crippen LogP) is 5.91. The van der Waals surface area contributed by atoms with E-state index in [0.717, 1.165) is 14.7 Å². The summed E-state index contributed by atoms with van der Waals surface area (Å²) in [6, 6.07) is 21.5. The molecule has 0 aliphatic carbocycles. The van der Waals surface area contributed by atoms with Gasteiger partial charge in [0, 0.05) is 32.3 Å². The zero-order valence-corrected chi connectivity index (χ0v) is 18.9. The van der Waals surface area contributed by atoms with E-state index in [-0.39, 0.29) is 5.69 Å². The second kappa shape index (κ2) is 9.71. The lowest BCUT2D eigenvalue weighted by atomic mass is 10.2. The normalized spacial score (nSPS) is 11.0. The van der Waals surface area contributed by atoms with Gasteiger partial charge in [0.2, 0.25) is 0 Å². The van der Waals surface area contributed by atoms with Crippen LogP contribution < -0.4 is 10.2 Å². The van der Waals surface area contributed by atoms with Crippen LogP contribution in [-0.4, -0.2) is 17.0 Å². The zero-order chi connectivity index (χ0) is 22.5. The van der Waals surface area contributed by atoms with Crippen LogP contribution >= 0.6 is 27.3 Å². The van der Waals surface area contributed by atoms with Crippen LogP contribution in [0.1, 0.15) is 20.8 Å². The van der Waals surface area contributed by atoms with E-state index in [0.29, 0.717) is 28.2 Å². The molecule has 0 fully saturated rings. The third-order valence-electron chi connectivity index (χ3n) is 4.51. The topological polar surface area (TPSA) is 93.8 Å². The minimum atomic E-state index is -0.462. The Hall–Kier alpha value is -3.56. The number of hydrogen-bond acceptors (Lipinski definition) is 6. The molecule has 0 aliphatic rings. The van der Waals surface area contributed by atoms with E-state index >= 15 is 0 Å². The molecule has 0 bridgehead atoms. The van der Waals surface area contributed by atoms with Crippen LogP contribution in [0, 0.1) is 10.1 Å². The number of nitrogens with one attached hydrogen (secondary N) is 1. The molecule has 4 rings (SSSR count). The lowest BCUT2D eigenvalue weighted by Crippen LogP contribution is -2.16. The summed E-state index contributed by atoms with van der Waals surface area (Å²) in [6.07, 6.45) is 1.52. The third kappa shape index (κ3) is 5.19. The highest BCUT2D eigenvalue weighted by Crippen LogP contribution is 2.29. The summed E-state index contributed by atoms with van der Waals surface area (Å²) in [5, 5.41) is 15.6. The molecule has 0 saturated heterocycles. The number of hydrazone groups is 1. The molecule has 1 N–H and O–H groups in total. The van der Waals surface area contributed by atoms with Gasteiger partial charge in [-0.1, -0.05) is 46.3 Å². The van der Waals surface area contributed by atoms with Gasteiger partial charge in [-0.05, 0) is 35.9 Å². The maximum Gasteiger partial charge on any atom is 0.281 e. The van der Waals surface area contributed by atoms with Crippen LogP contribution in [0.2, 0.25) is 0 Å². The van der Waals surface area contributed by atoms with E-state index in [4.69, 9.17) is 4.74 Å². The monoisotopic (exact) mass is 509 g/mol. The second-order valence-electron chi connectivity index (χ2n) is 6.75. The number of fused-ring (bicyclic) bond motifs is 1. The van der Waals surface area contributed by atoms with Crippen molar-refractivity contribution in [2.75, 3.05) is 0 Å². The number of thiophene rings is 1. The van der Waals surface area contributed by atoms with E-state index in [1.54, 1.807) is 12.1 Å². The molecule has 1 amide bonds. The number of nitrogens with zero attached hydrogens (tertiary/aromatic N) is 2. The maximum absolute atomic E-state index is 12.5. The number of ether oxygens (including phenoxy) is 1. The van der Waals surface area contributed by atoms with Crippen molar-refractivity contribution in [2.24, 2.45) is 5.10 Å². The van der Waals surface area contributed by atoms with Crippen LogP contribution in [0.5, 0.6) is 5.75 Å². The molecule has 0 radical (unpaired) electrons. The van der Waals surface area contributed by atoms with Crippen molar-refractivity contribution < 1.29 is 14.5 Å². The second-order valence-corrected chi connectivity index (χ2v) is 8.74. The van der Waals surface area contributed by atoms with Gasteiger partial charge in [-0.25, -0.2) is 5.43 Å². The molecule has 1 aromatic heterocycles. The summed E-state index contributed by atoms with van der Waals surface area (Å²) in [4.78, 5) is 23.4. The lowest BCUT2D eigenvalue weighted by molar-refractivity contribution is -0.384. The fraction of sp³-hybridized carbons (Fsp3) is 0.0435. The van der Waals surface area contributed by atoms with Crippen LogP contribution in [0.4, 0.5) is 5.69 Å². The molecule has 9 heteroatoms. The average Bonchev–Trinajstić information content (AvgIpc) is 3.23. The minimum Gasteiger partial charge on any atom is -0.488 e. The minimum absolute atomic E-state index is 0.0158. The number of carbonyl (C=O) groups is 1. The summed E-state index contributed by atoms with van der Waals surface area (Å²) in [6.45, 7) is 0.406. The fourth-order valence-corrected chi connectivity index (χ4v) is 4.27. The Morgan fingerprint density at radius 3 is 2.72 bits per heavy atom. The van der Waals surface area contributed by atoms with Crippen molar-refractivity contribution in [3.63, 3.8) is 0 Å². The highest BCUT2D eigenvalue weighted by molar-refractivity contribution is 9.10. The van der Waals surface area contributed by atoms with Gasteiger partial charge in [0.25, 0.3) is 11.6 Å². The number of halogens is 1. The van der Waals surface area contributed by atoms with Gasteiger partial charge in [0.05, 0.1) is 16.0 Å². The number of hydrogen-bond donors (Lipinski definition) is 1. The molecular formula is C23H16BrN3O4S. The molecule has 1 heterocycles. The standard InChI is InChI=1S/C23H16BrN3O4S/c24-18-6-8-20(31-14-15-4-2-1-3-5-15)17(10-18)13-25-26-23(28)22-12-16-11-19(27(29)30)7-9-21(16)32-22/h1-13H,14H2,(H,26,28)/b25-13-. The van der Waals surface area contributed by atoms with Crippen molar-refractivity contribution in [2.45, 2.75) is 6.61 Å². The number of amides is 1. The van der Waals surface area contributed by atoms with Gasteiger partial charge in [0.15, 0.2) is 0 Å². The summed E-state index contributed by atoms with van der Waals surface area (Å²) >= 11 is 4.68. The molecule has 0 spiro atoms. The number of non-ortho nitro benzene ring substituents is 1. The first-order valence-corrected chi connectivity index (χ1v) is 11.1. The van der Waals surface area contributed by atoms with Crippen molar-refractivity contribution >= 4 is 55.2 Å². The molecule has 160 valence electrons. The van der Waals surface area contributed by atoms with Crippen LogP contribution in [0.25, 0.3) is 10.1 Å². The summed E-state index contributed by atoms with van der Waals surface area (Å²) in [5.41, 5.74) is 4.22. The van der Waals surface area contributed by atoms with Gasteiger partial charge in [-0.15, -0.1) is 11.3 Å². The molecule has 0 atom stereocenters. The van der Waals surface area contributed by atoms with Gasteiger partial charge in [0.1, 0.15) is 12.4 Å². The number of rotatable bonds is 7. The molecular weight excluding hydrogens is 494 g/mol. The molecule has 0 unspecified atom stereocenters. The summed E-state index contributed by atoms with van der Waals surface area (Å²) in [7, 11) is 0. The SMILES string of the molecule is O=C(N/N=C\c1cc(Br)ccc1OCc1ccccc1)c1cc2cc([N+](=O)[O-])ccc2s1. The zero-order valence-electron chi connectivity index (χ0n) is 16.5. The fourth-order valence-electron chi connectivity index (χ4n) is 2.96. The van der Waals surface area contributed by atoms with Crippen molar-refractivity contribution in [3.8, 4) is 5.75 Å². The first-order valence-electron chi connectivity index (χ1n) is 9.47. The molecule has 0 aliphatic heterocycles. The van der Waals surface area contributed by atoms with Gasteiger partial charge in [-0.2, -0.15) is 5.10 Å². The van der Waals surface area contributed by atoms with E-state index in [1.165, 1.54) is 29.7 Å². The number of nitro benzene ring substituents is 1. The maximum atomic E-state index is 12.5.